The Hall–Kier alpha value is -1.10. The lowest BCUT2D eigenvalue weighted by Crippen LogP contribution is -2.51. The Morgan fingerprint density at radius 1 is 1.20 bits per heavy atom. The van der Waals surface area contributed by atoms with E-state index in [9.17, 15) is 9.59 Å². The van der Waals surface area contributed by atoms with E-state index in [1.165, 1.54) is 12.8 Å². The molecule has 0 aliphatic heterocycles. The van der Waals surface area contributed by atoms with Crippen LogP contribution in [0.25, 0.3) is 0 Å². The zero-order valence-corrected chi connectivity index (χ0v) is 13.2. The van der Waals surface area contributed by atoms with Gasteiger partial charge in [-0.05, 0) is 32.6 Å². The fourth-order valence-electron chi connectivity index (χ4n) is 2.77. The van der Waals surface area contributed by atoms with E-state index in [2.05, 4.69) is 5.32 Å². The van der Waals surface area contributed by atoms with Gasteiger partial charge in [0.1, 0.15) is 0 Å². The summed E-state index contributed by atoms with van der Waals surface area (Å²) in [6, 6.07) is -0.0544. The first-order valence-electron chi connectivity index (χ1n) is 7.69. The molecule has 0 unspecified atom stereocenters. The van der Waals surface area contributed by atoms with Crippen molar-refractivity contribution >= 4 is 11.8 Å². The third kappa shape index (κ3) is 4.47. The van der Waals surface area contributed by atoms with E-state index < -0.39 is 6.04 Å². The molecule has 0 aromatic carbocycles. The third-order valence-corrected chi connectivity index (χ3v) is 4.00. The molecule has 5 heteroatoms. The maximum absolute atomic E-state index is 12.3. The van der Waals surface area contributed by atoms with Crippen LogP contribution in [0, 0.1) is 5.92 Å². The van der Waals surface area contributed by atoms with Crippen LogP contribution in [-0.4, -0.2) is 41.4 Å². The largest absolute Gasteiger partial charge is 0.346 e. The minimum Gasteiger partial charge on any atom is -0.346 e. The summed E-state index contributed by atoms with van der Waals surface area (Å²) in [6.45, 7) is 7.89. The smallest absolute Gasteiger partial charge is 0.242 e. The van der Waals surface area contributed by atoms with Crippen LogP contribution in [0.3, 0.4) is 0 Å². The molecule has 1 rings (SSSR count). The Morgan fingerprint density at radius 2 is 1.75 bits per heavy atom. The van der Waals surface area contributed by atoms with Crippen LogP contribution in [0.1, 0.15) is 53.4 Å². The van der Waals surface area contributed by atoms with Gasteiger partial charge in [0.2, 0.25) is 11.8 Å². The lowest BCUT2D eigenvalue weighted by molar-refractivity contribution is -0.136. The summed E-state index contributed by atoms with van der Waals surface area (Å²) in [4.78, 5) is 26.1. The average Bonchev–Trinajstić information content (AvgIpc) is 2.88. The highest BCUT2D eigenvalue weighted by Gasteiger charge is 2.29. The van der Waals surface area contributed by atoms with Gasteiger partial charge in [-0.15, -0.1) is 0 Å². The van der Waals surface area contributed by atoms with Crippen molar-refractivity contribution in [1.29, 1.82) is 0 Å². The fourth-order valence-corrected chi connectivity index (χ4v) is 2.77. The summed E-state index contributed by atoms with van der Waals surface area (Å²) >= 11 is 0. The van der Waals surface area contributed by atoms with E-state index in [4.69, 9.17) is 5.73 Å². The quantitative estimate of drug-likeness (QED) is 0.770. The Kier molecular flexibility index (Phi) is 6.46. The summed E-state index contributed by atoms with van der Waals surface area (Å²) in [5.41, 5.74) is 5.77. The van der Waals surface area contributed by atoms with Crippen molar-refractivity contribution in [3.8, 4) is 0 Å². The van der Waals surface area contributed by atoms with Crippen molar-refractivity contribution in [3.63, 3.8) is 0 Å². The number of nitrogens with zero attached hydrogens (tertiary/aromatic N) is 1. The highest BCUT2D eigenvalue weighted by atomic mass is 16.2. The summed E-state index contributed by atoms with van der Waals surface area (Å²) in [5.74, 6) is -0.180. The van der Waals surface area contributed by atoms with Crippen molar-refractivity contribution in [2.75, 3.05) is 6.54 Å². The molecule has 0 aromatic heterocycles. The molecule has 116 valence electrons. The van der Waals surface area contributed by atoms with Crippen LogP contribution in [0.5, 0.6) is 0 Å². The van der Waals surface area contributed by atoms with E-state index in [0.29, 0.717) is 6.04 Å². The standard InChI is InChI=1S/C15H29N3O2/c1-10(2)14(16)15(20)17-9-13(19)18(11(3)4)12-7-5-6-8-12/h10-12,14H,5-9,16H2,1-4H3,(H,17,20)/t14-/m0/s1. The fraction of sp³-hybridized carbons (Fsp3) is 0.867. The molecular weight excluding hydrogens is 254 g/mol. The summed E-state index contributed by atoms with van der Waals surface area (Å²) < 4.78 is 0. The molecule has 0 aromatic rings. The number of rotatable bonds is 6. The summed E-state index contributed by atoms with van der Waals surface area (Å²) in [7, 11) is 0. The van der Waals surface area contributed by atoms with Gasteiger partial charge >= 0.3 is 0 Å². The molecule has 0 heterocycles. The van der Waals surface area contributed by atoms with Gasteiger partial charge in [-0.25, -0.2) is 0 Å². The van der Waals surface area contributed by atoms with Crippen molar-refractivity contribution in [3.05, 3.63) is 0 Å². The lowest BCUT2D eigenvalue weighted by atomic mass is 10.1. The van der Waals surface area contributed by atoms with Crippen molar-refractivity contribution in [1.82, 2.24) is 10.2 Å². The SMILES string of the molecule is CC(C)[C@H](N)C(=O)NCC(=O)N(C(C)C)C1CCCC1. The number of hydrogen-bond acceptors (Lipinski definition) is 3. The zero-order chi connectivity index (χ0) is 15.3. The van der Waals surface area contributed by atoms with Gasteiger partial charge in [0, 0.05) is 12.1 Å². The van der Waals surface area contributed by atoms with Crippen LogP contribution >= 0.6 is 0 Å². The average molecular weight is 283 g/mol. The molecule has 1 saturated carbocycles. The van der Waals surface area contributed by atoms with Crippen molar-refractivity contribution < 1.29 is 9.59 Å². The van der Waals surface area contributed by atoms with Crippen LogP contribution < -0.4 is 11.1 Å². The summed E-state index contributed by atoms with van der Waals surface area (Å²) in [5, 5.41) is 2.67. The minimum absolute atomic E-state index is 0.00351. The molecule has 1 atom stereocenters. The van der Waals surface area contributed by atoms with Crippen LogP contribution in [-0.2, 0) is 9.59 Å². The highest BCUT2D eigenvalue weighted by molar-refractivity contribution is 5.87. The maximum atomic E-state index is 12.3. The van der Waals surface area contributed by atoms with E-state index in [-0.39, 0.29) is 30.3 Å². The first-order valence-corrected chi connectivity index (χ1v) is 7.69. The molecule has 3 N–H and O–H groups in total. The molecule has 0 spiro atoms. The third-order valence-electron chi connectivity index (χ3n) is 4.00. The van der Waals surface area contributed by atoms with Gasteiger partial charge in [0.15, 0.2) is 0 Å². The second kappa shape index (κ2) is 7.62. The number of carbonyl (C=O) groups is 2. The molecule has 5 nitrogen and oxygen atoms in total. The Balaban J connectivity index is 2.52. The Bertz CT molecular complexity index is 336. The Labute approximate surface area is 122 Å². The second-order valence-corrected chi connectivity index (χ2v) is 6.32. The molecule has 1 aliphatic carbocycles. The molecule has 0 radical (unpaired) electrons. The first kappa shape index (κ1) is 17.0. The highest BCUT2D eigenvalue weighted by Crippen LogP contribution is 2.25. The predicted octanol–water partition coefficient (Wildman–Crippen LogP) is 1.27. The van der Waals surface area contributed by atoms with E-state index in [1.54, 1.807) is 0 Å². The molecule has 20 heavy (non-hydrogen) atoms. The van der Waals surface area contributed by atoms with Gasteiger partial charge in [0.05, 0.1) is 12.6 Å². The van der Waals surface area contributed by atoms with Gasteiger partial charge in [0.25, 0.3) is 0 Å². The number of carbonyl (C=O) groups excluding carboxylic acids is 2. The topological polar surface area (TPSA) is 75.4 Å². The molecule has 1 fully saturated rings. The van der Waals surface area contributed by atoms with Crippen molar-refractivity contribution in [2.24, 2.45) is 11.7 Å². The van der Waals surface area contributed by atoms with E-state index in [0.717, 1.165) is 12.8 Å². The lowest BCUT2D eigenvalue weighted by Gasteiger charge is -2.33. The van der Waals surface area contributed by atoms with E-state index in [1.807, 2.05) is 32.6 Å². The summed E-state index contributed by atoms with van der Waals surface area (Å²) in [6.07, 6.45) is 4.52. The maximum Gasteiger partial charge on any atom is 0.242 e. The molecule has 0 bridgehead atoms. The second-order valence-electron chi connectivity index (χ2n) is 6.32. The Morgan fingerprint density at radius 3 is 2.20 bits per heavy atom. The van der Waals surface area contributed by atoms with Gasteiger partial charge in [-0.1, -0.05) is 26.7 Å². The van der Waals surface area contributed by atoms with Gasteiger partial charge in [-0.3, -0.25) is 9.59 Å². The first-order chi connectivity index (χ1) is 9.34. The number of hydrogen-bond donors (Lipinski definition) is 2. The normalized spacial score (nSPS) is 17.6. The van der Waals surface area contributed by atoms with Crippen LogP contribution in [0.15, 0.2) is 0 Å². The minimum atomic E-state index is -0.554. The van der Waals surface area contributed by atoms with Gasteiger partial charge < -0.3 is 16.0 Å². The van der Waals surface area contributed by atoms with Gasteiger partial charge in [-0.2, -0.15) is 0 Å². The number of nitrogens with two attached hydrogens (primary N) is 1. The molecular formula is C15H29N3O2. The monoisotopic (exact) mass is 283 g/mol. The van der Waals surface area contributed by atoms with Crippen molar-refractivity contribution in [2.45, 2.75) is 71.5 Å². The predicted molar refractivity (Wildman–Crippen MR) is 80.1 cm³/mol. The van der Waals surface area contributed by atoms with Crippen LogP contribution in [0.2, 0.25) is 0 Å². The molecule has 1 aliphatic rings. The molecule has 2 amide bonds. The van der Waals surface area contributed by atoms with E-state index >= 15 is 0 Å². The molecule has 0 saturated heterocycles. The van der Waals surface area contributed by atoms with Crippen LogP contribution in [0.4, 0.5) is 0 Å². The number of amides is 2. The zero-order valence-electron chi connectivity index (χ0n) is 13.2. The number of nitrogens with one attached hydrogen (secondary N) is 1.